The van der Waals surface area contributed by atoms with Crippen molar-refractivity contribution in [3.8, 4) is 5.75 Å². The number of aliphatic hydroxyl groups excluding tert-OH is 1. The summed E-state index contributed by atoms with van der Waals surface area (Å²) >= 11 is 5.99. The first-order valence-electron chi connectivity index (χ1n) is 6.65. The predicted molar refractivity (Wildman–Crippen MR) is 76.3 cm³/mol. The molecule has 1 aromatic rings. The highest BCUT2D eigenvalue weighted by atomic mass is 35.5. The second kappa shape index (κ2) is 7.65. The minimum atomic E-state index is -0.437. The molecule has 0 aliphatic carbocycles. The van der Waals surface area contributed by atoms with E-state index in [-0.39, 0.29) is 0 Å². The second-order valence-electron chi connectivity index (χ2n) is 4.65. The zero-order valence-corrected chi connectivity index (χ0v) is 12.2. The topological polar surface area (TPSA) is 29.5 Å². The standard InChI is InChI=1S/C15H23ClO2/c1-4-6-7-11(5-2)15(17)12-8-9-13(16)14(10-12)18-3/h8-11,15,17H,4-7H2,1-3H3. The highest BCUT2D eigenvalue weighted by molar-refractivity contribution is 6.32. The van der Waals surface area contributed by atoms with Crippen molar-refractivity contribution in [3.63, 3.8) is 0 Å². The average Bonchev–Trinajstić information content (AvgIpc) is 2.40. The van der Waals surface area contributed by atoms with Crippen molar-refractivity contribution < 1.29 is 9.84 Å². The Balaban J connectivity index is 2.83. The molecule has 0 fully saturated rings. The van der Waals surface area contributed by atoms with Gasteiger partial charge in [-0.15, -0.1) is 0 Å². The molecule has 0 radical (unpaired) electrons. The Bertz CT molecular complexity index is 366. The van der Waals surface area contributed by atoms with Crippen molar-refractivity contribution in [3.05, 3.63) is 28.8 Å². The van der Waals surface area contributed by atoms with Crippen LogP contribution < -0.4 is 4.74 Å². The first-order valence-corrected chi connectivity index (χ1v) is 7.03. The highest BCUT2D eigenvalue weighted by Gasteiger charge is 2.19. The van der Waals surface area contributed by atoms with E-state index in [1.54, 1.807) is 13.2 Å². The maximum absolute atomic E-state index is 10.4. The van der Waals surface area contributed by atoms with Gasteiger partial charge in [-0.3, -0.25) is 0 Å². The minimum Gasteiger partial charge on any atom is -0.495 e. The van der Waals surface area contributed by atoms with Gasteiger partial charge in [-0.25, -0.2) is 0 Å². The normalized spacial score (nSPS) is 14.3. The monoisotopic (exact) mass is 270 g/mol. The van der Waals surface area contributed by atoms with Crippen molar-refractivity contribution in [1.29, 1.82) is 0 Å². The van der Waals surface area contributed by atoms with Crippen LogP contribution in [0.15, 0.2) is 18.2 Å². The lowest BCUT2D eigenvalue weighted by Crippen LogP contribution is -2.12. The molecule has 2 nitrogen and oxygen atoms in total. The molecule has 0 bridgehead atoms. The van der Waals surface area contributed by atoms with E-state index >= 15 is 0 Å². The number of halogens is 1. The van der Waals surface area contributed by atoms with E-state index in [9.17, 15) is 5.11 Å². The summed E-state index contributed by atoms with van der Waals surface area (Å²) < 4.78 is 5.19. The largest absolute Gasteiger partial charge is 0.495 e. The van der Waals surface area contributed by atoms with Gasteiger partial charge in [0.15, 0.2) is 0 Å². The van der Waals surface area contributed by atoms with Crippen molar-refractivity contribution in [2.75, 3.05) is 7.11 Å². The average molecular weight is 271 g/mol. The van der Waals surface area contributed by atoms with Crippen LogP contribution in [-0.2, 0) is 0 Å². The number of rotatable bonds is 7. The van der Waals surface area contributed by atoms with Crippen LogP contribution in [-0.4, -0.2) is 12.2 Å². The van der Waals surface area contributed by atoms with Gasteiger partial charge in [0.05, 0.1) is 18.2 Å². The summed E-state index contributed by atoms with van der Waals surface area (Å²) in [5.74, 6) is 0.925. The number of benzene rings is 1. The lowest BCUT2D eigenvalue weighted by molar-refractivity contribution is 0.0987. The molecule has 0 amide bonds. The molecule has 1 aromatic carbocycles. The summed E-state index contributed by atoms with van der Waals surface area (Å²) in [7, 11) is 1.59. The fourth-order valence-corrected chi connectivity index (χ4v) is 2.38. The van der Waals surface area contributed by atoms with Crippen molar-refractivity contribution in [2.24, 2.45) is 5.92 Å². The van der Waals surface area contributed by atoms with Crippen LogP contribution in [0.2, 0.25) is 5.02 Å². The molecule has 1 N–H and O–H groups in total. The quantitative estimate of drug-likeness (QED) is 0.785. The van der Waals surface area contributed by atoms with Crippen LogP contribution in [0, 0.1) is 5.92 Å². The predicted octanol–water partition coefficient (Wildman–Crippen LogP) is 4.60. The van der Waals surface area contributed by atoms with Crippen LogP contribution in [0.25, 0.3) is 0 Å². The second-order valence-corrected chi connectivity index (χ2v) is 5.06. The number of aliphatic hydroxyl groups is 1. The molecular weight excluding hydrogens is 248 g/mol. The lowest BCUT2D eigenvalue weighted by atomic mass is 9.89. The van der Waals surface area contributed by atoms with E-state index in [4.69, 9.17) is 16.3 Å². The molecule has 0 aliphatic rings. The SMILES string of the molecule is CCCCC(CC)C(O)c1ccc(Cl)c(OC)c1. The van der Waals surface area contributed by atoms with Gasteiger partial charge < -0.3 is 9.84 Å². The third kappa shape index (κ3) is 3.89. The summed E-state index contributed by atoms with van der Waals surface area (Å²) in [6.45, 7) is 4.29. The van der Waals surface area contributed by atoms with E-state index in [2.05, 4.69) is 13.8 Å². The first kappa shape index (κ1) is 15.3. The maximum atomic E-state index is 10.4. The lowest BCUT2D eigenvalue weighted by Gasteiger charge is -2.22. The Morgan fingerprint density at radius 3 is 2.61 bits per heavy atom. The maximum Gasteiger partial charge on any atom is 0.137 e. The molecule has 0 aromatic heterocycles. The van der Waals surface area contributed by atoms with Gasteiger partial charge in [-0.1, -0.05) is 50.8 Å². The number of methoxy groups -OCH3 is 1. The fraction of sp³-hybridized carbons (Fsp3) is 0.600. The number of unbranched alkanes of at least 4 members (excludes halogenated alkanes) is 1. The number of hydrogen-bond donors (Lipinski definition) is 1. The Morgan fingerprint density at radius 1 is 1.33 bits per heavy atom. The van der Waals surface area contributed by atoms with E-state index in [0.717, 1.165) is 31.2 Å². The van der Waals surface area contributed by atoms with Gasteiger partial charge in [0.25, 0.3) is 0 Å². The summed E-state index contributed by atoms with van der Waals surface area (Å²) in [5.41, 5.74) is 0.888. The van der Waals surface area contributed by atoms with E-state index in [0.29, 0.717) is 16.7 Å². The third-order valence-corrected chi connectivity index (χ3v) is 3.73. The molecule has 0 saturated heterocycles. The van der Waals surface area contributed by atoms with E-state index in [1.165, 1.54) is 0 Å². The zero-order valence-electron chi connectivity index (χ0n) is 11.4. The van der Waals surface area contributed by atoms with E-state index in [1.807, 2.05) is 12.1 Å². The van der Waals surface area contributed by atoms with Gasteiger partial charge in [-0.2, -0.15) is 0 Å². The number of ether oxygens (including phenoxy) is 1. The smallest absolute Gasteiger partial charge is 0.137 e. The molecule has 1 rings (SSSR count). The molecule has 18 heavy (non-hydrogen) atoms. The Morgan fingerprint density at radius 2 is 2.06 bits per heavy atom. The summed E-state index contributed by atoms with van der Waals surface area (Å²) in [6.07, 6.45) is 3.91. The zero-order chi connectivity index (χ0) is 13.5. The molecule has 2 unspecified atom stereocenters. The molecule has 3 heteroatoms. The Hall–Kier alpha value is -0.730. The highest BCUT2D eigenvalue weighted by Crippen LogP contribution is 2.33. The molecule has 0 spiro atoms. The van der Waals surface area contributed by atoms with Gasteiger partial charge in [-0.05, 0) is 30.0 Å². The minimum absolute atomic E-state index is 0.302. The van der Waals surface area contributed by atoms with Crippen LogP contribution in [0.4, 0.5) is 0 Å². The van der Waals surface area contributed by atoms with Gasteiger partial charge in [0.1, 0.15) is 5.75 Å². The van der Waals surface area contributed by atoms with Crippen molar-refractivity contribution >= 4 is 11.6 Å². The molecular formula is C15H23ClO2. The Labute approximate surface area is 115 Å². The molecule has 0 heterocycles. The third-order valence-electron chi connectivity index (χ3n) is 3.42. The van der Waals surface area contributed by atoms with Crippen molar-refractivity contribution in [1.82, 2.24) is 0 Å². The molecule has 0 saturated carbocycles. The summed E-state index contributed by atoms with van der Waals surface area (Å²) in [5, 5.41) is 11.0. The fourth-order valence-electron chi connectivity index (χ4n) is 2.18. The van der Waals surface area contributed by atoms with Gasteiger partial charge in [0, 0.05) is 0 Å². The molecule has 102 valence electrons. The summed E-state index contributed by atoms with van der Waals surface area (Å²) in [6, 6.07) is 5.50. The van der Waals surface area contributed by atoms with E-state index < -0.39 is 6.10 Å². The van der Waals surface area contributed by atoms with Crippen LogP contribution in [0.5, 0.6) is 5.75 Å². The molecule has 0 aliphatic heterocycles. The molecule has 2 atom stereocenters. The van der Waals surface area contributed by atoms with Gasteiger partial charge in [0.2, 0.25) is 0 Å². The van der Waals surface area contributed by atoms with Gasteiger partial charge >= 0.3 is 0 Å². The van der Waals surface area contributed by atoms with Crippen LogP contribution in [0.3, 0.4) is 0 Å². The summed E-state index contributed by atoms with van der Waals surface area (Å²) in [4.78, 5) is 0. The van der Waals surface area contributed by atoms with Crippen LogP contribution >= 0.6 is 11.6 Å². The Kier molecular flexibility index (Phi) is 6.51. The number of hydrogen-bond acceptors (Lipinski definition) is 2. The van der Waals surface area contributed by atoms with Crippen LogP contribution in [0.1, 0.15) is 51.2 Å². The van der Waals surface area contributed by atoms with Crippen molar-refractivity contribution in [2.45, 2.75) is 45.6 Å². The first-order chi connectivity index (χ1) is 8.63.